The molecule has 0 saturated carbocycles. The summed E-state index contributed by atoms with van der Waals surface area (Å²) in [5.41, 5.74) is 0. The van der Waals surface area contributed by atoms with Gasteiger partial charge in [-0.1, -0.05) is 11.6 Å². The van der Waals surface area contributed by atoms with Crippen molar-refractivity contribution in [3.05, 3.63) is 21.3 Å². The fourth-order valence-corrected chi connectivity index (χ4v) is 1.97. The molecule has 0 radical (unpaired) electrons. The predicted molar refractivity (Wildman–Crippen MR) is 51.5 cm³/mol. The number of hydrogen-bond acceptors (Lipinski definition) is 2. The molecule has 0 bridgehead atoms. The molecule has 1 amide bonds. The Hall–Kier alpha value is -0.540. The largest absolute Gasteiger partial charge is 0.340 e. The highest BCUT2D eigenvalue weighted by Crippen LogP contribution is 2.22. The van der Waals surface area contributed by atoms with Crippen LogP contribution >= 0.6 is 22.9 Å². The van der Waals surface area contributed by atoms with Gasteiger partial charge in [-0.15, -0.1) is 11.3 Å². The third-order valence-corrected chi connectivity index (χ3v) is 2.76. The molecule has 0 atom stereocenters. The molecule has 12 heavy (non-hydrogen) atoms. The molecule has 0 aliphatic rings. The minimum atomic E-state index is 0.664. The lowest BCUT2D eigenvalue weighted by molar-refractivity contribution is -0.118. The molecule has 0 aromatic carbocycles. The lowest BCUT2D eigenvalue weighted by Crippen LogP contribution is -2.19. The highest BCUT2D eigenvalue weighted by atomic mass is 35.5. The maximum absolute atomic E-state index is 10.4. The van der Waals surface area contributed by atoms with E-state index in [1.165, 1.54) is 11.3 Å². The second-order valence-electron chi connectivity index (χ2n) is 2.37. The van der Waals surface area contributed by atoms with Crippen LogP contribution in [-0.4, -0.2) is 17.9 Å². The van der Waals surface area contributed by atoms with Gasteiger partial charge in [0.05, 0.1) is 10.9 Å². The van der Waals surface area contributed by atoms with Crippen LogP contribution in [0.25, 0.3) is 0 Å². The number of rotatable bonds is 4. The van der Waals surface area contributed by atoms with Crippen LogP contribution in [0.5, 0.6) is 0 Å². The Morgan fingerprint density at radius 3 is 2.83 bits per heavy atom. The van der Waals surface area contributed by atoms with E-state index in [0.29, 0.717) is 6.54 Å². The molecule has 2 nitrogen and oxygen atoms in total. The molecule has 1 heterocycles. The molecule has 0 fully saturated rings. The Morgan fingerprint density at radius 1 is 1.67 bits per heavy atom. The zero-order chi connectivity index (χ0) is 8.97. The van der Waals surface area contributed by atoms with E-state index in [1.807, 2.05) is 19.1 Å². The lowest BCUT2D eigenvalue weighted by Gasteiger charge is -2.12. The normalized spacial score (nSPS) is 9.83. The second-order valence-corrected chi connectivity index (χ2v) is 4.17. The monoisotopic (exact) mass is 203 g/mol. The summed E-state index contributed by atoms with van der Waals surface area (Å²) in [7, 11) is 0. The van der Waals surface area contributed by atoms with E-state index >= 15 is 0 Å². The summed E-state index contributed by atoms with van der Waals surface area (Å²) in [4.78, 5) is 13.3. The fraction of sp³-hybridized carbons (Fsp3) is 0.375. The number of nitrogens with zero attached hydrogens (tertiary/aromatic N) is 1. The van der Waals surface area contributed by atoms with Crippen molar-refractivity contribution in [1.29, 1.82) is 0 Å². The van der Waals surface area contributed by atoms with Crippen LogP contribution in [0.1, 0.15) is 11.8 Å². The van der Waals surface area contributed by atoms with Crippen molar-refractivity contribution in [2.24, 2.45) is 0 Å². The maximum Gasteiger partial charge on any atom is 0.210 e. The lowest BCUT2D eigenvalue weighted by atomic mass is 10.4. The van der Waals surface area contributed by atoms with Crippen LogP contribution in [0.4, 0.5) is 0 Å². The third-order valence-electron chi connectivity index (χ3n) is 1.54. The van der Waals surface area contributed by atoms with Crippen molar-refractivity contribution in [2.45, 2.75) is 13.5 Å². The topological polar surface area (TPSA) is 20.3 Å². The standard InChI is InChI=1S/C8H10ClNOS/c1-2-10(6-11)5-7-3-4-8(9)12-7/h3-4,6H,2,5H2,1H3. The van der Waals surface area contributed by atoms with E-state index in [9.17, 15) is 4.79 Å². The quantitative estimate of drug-likeness (QED) is 0.689. The van der Waals surface area contributed by atoms with Crippen LogP contribution in [0.2, 0.25) is 4.34 Å². The summed E-state index contributed by atoms with van der Waals surface area (Å²) in [6.45, 7) is 3.35. The Balaban J connectivity index is 2.56. The summed E-state index contributed by atoms with van der Waals surface area (Å²) < 4.78 is 0.770. The molecule has 1 aromatic rings. The van der Waals surface area contributed by atoms with Crippen LogP contribution in [0, 0.1) is 0 Å². The molecule has 0 unspecified atom stereocenters. The van der Waals surface area contributed by atoms with Gasteiger partial charge in [0.2, 0.25) is 6.41 Å². The number of hydrogen-bond donors (Lipinski definition) is 0. The second kappa shape index (κ2) is 4.48. The molecule has 0 N–H and O–H groups in total. The van der Waals surface area contributed by atoms with Gasteiger partial charge in [-0.25, -0.2) is 0 Å². The average Bonchev–Trinajstić information content (AvgIpc) is 2.47. The summed E-state index contributed by atoms with van der Waals surface area (Å²) in [5.74, 6) is 0. The summed E-state index contributed by atoms with van der Waals surface area (Å²) in [6.07, 6.45) is 0.855. The fourth-order valence-electron chi connectivity index (χ4n) is 0.860. The zero-order valence-corrected chi connectivity index (χ0v) is 8.36. The van der Waals surface area contributed by atoms with Gasteiger partial charge in [0.1, 0.15) is 0 Å². The van der Waals surface area contributed by atoms with Crippen molar-refractivity contribution in [2.75, 3.05) is 6.54 Å². The third kappa shape index (κ3) is 2.50. The molecule has 4 heteroatoms. The molecular weight excluding hydrogens is 194 g/mol. The summed E-state index contributed by atoms with van der Waals surface area (Å²) in [5, 5.41) is 0. The van der Waals surface area contributed by atoms with E-state index in [1.54, 1.807) is 4.90 Å². The predicted octanol–water partition coefficient (Wildman–Crippen LogP) is 2.38. The molecule has 0 aliphatic carbocycles. The Morgan fingerprint density at radius 2 is 2.42 bits per heavy atom. The van der Waals surface area contributed by atoms with E-state index in [0.717, 1.165) is 22.2 Å². The Bertz CT molecular complexity index is 261. The van der Waals surface area contributed by atoms with Crippen molar-refractivity contribution in [3.63, 3.8) is 0 Å². The highest BCUT2D eigenvalue weighted by molar-refractivity contribution is 7.16. The van der Waals surface area contributed by atoms with Crippen molar-refractivity contribution >= 4 is 29.3 Å². The Labute approximate surface area is 80.8 Å². The van der Waals surface area contributed by atoms with E-state index in [-0.39, 0.29) is 0 Å². The van der Waals surface area contributed by atoms with Crippen LogP contribution < -0.4 is 0 Å². The first-order valence-electron chi connectivity index (χ1n) is 3.69. The van der Waals surface area contributed by atoms with Gasteiger partial charge in [0, 0.05) is 11.4 Å². The number of halogens is 1. The zero-order valence-electron chi connectivity index (χ0n) is 6.79. The first kappa shape index (κ1) is 9.55. The summed E-state index contributed by atoms with van der Waals surface area (Å²) in [6, 6.07) is 3.79. The SMILES string of the molecule is CCN(C=O)Cc1ccc(Cl)s1. The van der Waals surface area contributed by atoms with Crippen LogP contribution in [0.3, 0.4) is 0 Å². The van der Waals surface area contributed by atoms with Crippen molar-refractivity contribution < 1.29 is 4.79 Å². The van der Waals surface area contributed by atoms with Crippen molar-refractivity contribution in [1.82, 2.24) is 4.90 Å². The van der Waals surface area contributed by atoms with Gasteiger partial charge in [0.15, 0.2) is 0 Å². The molecule has 1 rings (SSSR count). The maximum atomic E-state index is 10.4. The molecule has 1 aromatic heterocycles. The Kier molecular flexibility index (Phi) is 3.56. The molecule has 0 aliphatic heterocycles. The first-order chi connectivity index (χ1) is 5.76. The summed E-state index contributed by atoms with van der Waals surface area (Å²) >= 11 is 7.25. The first-order valence-corrected chi connectivity index (χ1v) is 4.89. The number of thiophene rings is 1. The molecular formula is C8H10ClNOS. The number of carbonyl (C=O) groups excluding carboxylic acids is 1. The van der Waals surface area contributed by atoms with Gasteiger partial charge in [-0.2, -0.15) is 0 Å². The number of carbonyl (C=O) groups is 1. The minimum Gasteiger partial charge on any atom is -0.340 e. The molecule has 0 spiro atoms. The molecule has 66 valence electrons. The van der Waals surface area contributed by atoms with E-state index in [4.69, 9.17) is 11.6 Å². The smallest absolute Gasteiger partial charge is 0.210 e. The minimum absolute atomic E-state index is 0.664. The van der Waals surface area contributed by atoms with Crippen molar-refractivity contribution in [3.8, 4) is 0 Å². The highest BCUT2D eigenvalue weighted by Gasteiger charge is 2.02. The average molecular weight is 204 g/mol. The number of amides is 1. The molecule has 0 saturated heterocycles. The van der Waals surface area contributed by atoms with Gasteiger partial charge >= 0.3 is 0 Å². The van der Waals surface area contributed by atoms with Gasteiger partial charge in [0.25, 0.3) is 0 Å². The van der Waals surface area contributed by atoms with Crippen LogP contribution in [-0.2, 0) is 11.3 Å². The van der Waals surface area contributed by atoms with E-state index < -0.39 is 0 Å². The van der Waals surface area contributed by atoms with Crippen LogP contribution in [0.15, 0.2) is 12.1 Å². The van der Waals surface area contributed by atoms with Gasteiger partial charge < -0.3 is 4.90 Å². The van der Waals surface area contributed by atoms with Gasteiger partial charge in [-0.05, 0) is 19.1 Å². The van der Waals surface area contributed by atoms with Gasteiger partial charge in [-0.3, -0.25) is 4.79 Å². The van der Waals surface area contributed by atoms with E-state index in [2.05, 4.69) is 0 Å².